The maximum Gasteiger partial charge on any atom is 0.355 e. The van der Waals surface area contributed by atoms with Gasteiger partial charge in [-0.15, -0.1) is 5.10 Å². The summed E-state index contributed by atoms with van der Waals surface area (Å²) in [6.45, 7) is -0.162. The van der Waals surface area contributed by atoms with Gasteiger partial charge in [-0.3, -0.25) is 4.79 Å². The molecule has 0 N–H and O–H groups in total. The molecule has 1 aromatic heterocycles. The molecule has 1 aromatic carbocycles. The molecule has 0 unspecified atom stereocenters. The van der Waals surface area contributed by atoms with Gasteiger partial charge in [-0.2, -0.15) is 13.5 Å². The third-order valence-corrected chi connectivity index (χ3v) is 4.38. The SMILES string of the molecule is CCc1cc(F)c(CCC(=O)OCl)c(Cl)c1-n1nc(C)n(C(F)F)c1=O. The van der Waals surface area contributed by atoms with E-state index in [1.807, 2.05) is 0 Å². The quantitative estimate of drug-likeness (QED) is 0.726. The lowest BCUT2D eigenvalue weighted by atomic mass is 10.0. The fourth-order valence-electron chi connectivity index (χ4n) is 2.54. The van der Waals surface area contributed by atoms with Gasteiger partial charge in [-0.05, 0) is 31.4 Å². The molecule has 0 aliphatic carbocycles. The van der Waals surface area contributed by atoms with Crippen molar-refractivity contribution in [2.75, 3.05) is 0 Å². The maximum absolute atomic E-state index is 14.4. The lowest BCUT2D eigenvalue weighted by molar-refractivity contribution is -0.133. The number of carbonyl (C=O) groups excluding carboxylic acids is 1. The lowest BCUT2D eigenvalue weighted by Gasteiger charge is -2.14. The first kappa shape index (κ1) is 20.3. The summed E-state index contributed by atoms with van der Waals surface area (Å²) in [7, 11) is 0. The van der Waals surface area contributed by atoms with Crippen LogP contribution in [0.2, 0.25) is 5.02 Å². The van der Waals surface area contributed by atoms with Crippen molar-refractivity contribution in [2.45, 2.75) is 39.7 Å². The zero-order chi connectivity index (χ0) is 19.6. The second-order valence-corrected chi connectivity index (χ2v) is 5.88. The Kier molecular flexibility index (Phi) is 6.35. The highest BCUT2D eigenvalue weighted by Crippen LogP contribution is 2.31. The molecule has 0 bridgehead atoms. The van der Waals surface area contributed by atoms with Gasteiger partial charge in [-0.1, -0.05) is 18.5 Å². The summed E-state index contributed by atoms with van der Waals surface area (Å²) < 4.78 is 45.4. The lowest BCUT2D eigenvalue weighted by Crippen LogP contribution is -2.26. The molecule has 26 heavy (non-hydrogen) atoms. The van der Waals surface area contributed by atoms with Gasteiger partial charge in [0.2, 0.25) is 0 Å². The molecule has 0 radical (unpaired) electrons. The van der Waals surface area contributed by atoms with E-state index in [0.29, 0.717) is 10.2 Å². The summed E-state index contributed by atoms with van der Waals surface area (Å²) >= 11 is 11.2. The third kappa shape index (κ3) is 3.73. The van der Waals surface area contributed by atoms with Gasteiger partial charge in [0.05, 0.1) is 17.1 Å². The fourth-order valence-corrected chi connectivity index (χ4v) is 3.00. The summed E-state index contributed by atoms with van der Waals surface area (Å²) in [5.74, 6) is -1.71. The number of nitrogens with zero attached hydrogens (tertiary/aromatic N) is 3. The van der Waals surface area contributed by atoms with Crippen LogP contribution < -0.4 is 5.69 Å². The highest BCUT2D eigenvalue weighted by atomic mass is 35.5. The third-order valence-electron chi connectivity index (χ3n) is 3.80. The van der Waals surface area contributed by atoms with Crippen molar-refractivity contribution in [1.29, 1.82) is 0 Å². The zero-order valence-electron chi connectivity index (χ0n) is 13.7. The van der Waals surface area contributed by atoms with Crippen LogP contribution in [-0.4, -0.2) is 20.3 Å². The average molecular weight is 412 g/mol. The first-order valence-electron chi connectivity index (χ1n) is 7.50. The second kappa shape index (κ2) is 8.13. The first-order valence-corrected chi connectivity index (χ1v) is 8.19. The van der Waals surface area contributed by atoms with Crippen LogP contribution in [0.25, 0.3) is 5.69 Å². The summed E-state index contributed by atoms with van der Waals surface area (Å²) in [5, 5.41) is 3.63. The Morgan fingerprint density at radius 2 is 2.08 bits per heavy atom. The van der Waals surface area contributed by atoms with Gasteiger partial charge in [-0.25, -0.2) is 13.8 Å². The van der Waals surface area contributed by atoms with E-state index >= 15 is 0 Å². The maximum atomic E-state index is 14.4. The Hall–Kier alpha value is -2.00. The van der Waals surface area contributed by atoms with Crippen molar-refractivity contribution in [3.8, 4) is 5.69 Å². The summed E-state index contributed by atoms with van der Waals surface area (Å²) in [5.41, 5.74) is -0.876. The van der Waals surface area contributed by atoms with Crippen LogP contribution in [0, 0.1) is 12.7 Å². The van der Waals surface area contributed by atoms with E-state index in [-0.39, 0.29) is 45.9 Å². The fraction of sp³-hybridized carbons (Fsp3) is 0.400. The number of hydrogen-bond acceptors (Lipinski definition) is 4. The van der Waals surface area contributed by atoms with Gasteiger partial charge in [0.15, 0.2) is 0 Å². The average Bonchev–Trinajstić information content (AvgIpc) is 2.87. The van der Waals surface area contributed by atoms with Crippen molar-refractivity contribution in [1.82, 2.24) is 14.3 Å². The smallest absolute Gasteiger partial charge is 0.348 e. The molecular weight excluding hydrogens is 398 g/mol. The van der Waals surface area contributed by atoms with E-state index < -0.39 is 24.0 Å². The standard InChI is InChI=1S/C15H14Cl2F3N3O3/c1-3-8-6-10(18)9(4-5-11(24)26-17)12(16)13(8)23-15(25)22(14(19)20)7(2)21-23/h6,14H,3-5H2,1-2H3. The highest BCUT2D eigenvalue weighted by Gasteiger charge is 2.24. The monoisotopic (exact) mass is 411 g/mol. The van der Waals surface area contributed by atoms with Crippen LogP contribution in [0.3, 0.4) is 0 Å². The Labute approximate surface area is 156 Å². The largest absolute Gasteiger partial charge is 0.355 e. The predicted octanol–water partition coefficient (Wildman–Crippen LogP) is 3.72. The van der Waals surface area contributed by atoms with Gasteiger partial charge < -0.3 is 4.29 Å². The molecule has 0 spiro atoms. The molecule has 11 heteroatoms. The van der Waals surface area contributed by atoms with E-state index in [0.717, 1.165) is 6.07 Å². The number of aromatic nitrogens is 3. The normalized spacial score (nSPS) is 11.2. The number of hydrogen-bond donors (Lipinski definition) is 0. The highest BCUT2D eigenvalue weighted by molar-refractivity contribution is 6.33. The van der Waals surface area contributed by atoms with Crippen LogP contribution >= 0.6 is 23.5 Å². The molecule has 0 aliphatic heterocycles. The van der Waals surface area contributed by atoms with Crippen molar-refractivity contribution in [2.24, 2.45) is 0 Å². The van der Waals surface area contributed by atoms with E-state index in [1.54, 1.807) is 6.92 Å². The summed E-state index contributed by atoms with van der Waals surface area (Å²) in [6.07, 6.45) is -0.149. The number of benzene rings is 1. The van der Waals surface area contributed by atoms with E-state index in [4.69, 9.17) is 23.5 Å². The molecule has 2 aromatic rings. The van der Waals surface area contributed by atoms with Crippen LogP contribution in [-0.2, 0) is 21.9 Å². The molecule has 2 rings (SSSR count). The van der Waals surface area contributed by atoms with Crippen molar-refractivity contribution < 1.29 is 22.3 Å². The van der Waals surface area contributed by atoms with Gasteiger partial charge in [0.1, 0.15) is 23.5 Å². The number of rotatable bonds is 6. The molecule has 0 amide bonds. The summed E-state index contributed by atoms with van der Waals surface area (Å²) in [4.78, 5) is 23.5. The molecule has 0 saturated carbocycles. The molecule has 6 nitrogen and oxygen atoms in total. The molecule has 142 valence electrons. The van der Waals surface area contributed by atoms with Crippen LogP contribution in [0.1, 0.15) is 36.8 Å². The van der Waals surface area contributed by atoms with Crippen LogP contribution in [0.15, 0.2) is 10.9 Å². The number of alkyl halides is 2. The Morgan fingerprint density at radius 1 is 1.42 bits per heavy atom. The molecule has 1 heterocycles. The Bertz CT molecular complexity index is 896. The molecule has 0 saturated heterocycles. The number of halogens is 5. The number of carbonyl (C=O) groups is 1. The van der Waals surface area contributed by atoms with E-state index in [9.17, 15) is 22.8 Å². The summed E-state index contributed by atoms with van der Waals surface area (Å²) in [6, 6.07) is 1.13. The first-order chi connectivity index (χ1) is 12.2. The van der Waals surface area contributed by atoms with Crippen LogP contribution in [0.4, 0.5) is 13.2 Å². The topological polar surface area (TPSA) is 66.1 Å². The van der Waals surface area contributed by atoms with Crippen molar-refractivity contribution in [3.63, 3.8) is 0 Å². The minimum Gasteiger partial charge on any atom is -0.348 e. The Morgan fingerprint density at radius 3 is 2.58 bits per heavy atom. The number of aryl methyl sites for hydroxylation is 2. The zero-order valence-corrected chi connectivity index (χ0v) is 15.2. The van der Waals surface area contributed by atoms with E-state index in [1.165, 1.54) is 6.92 Å². The van der Waals surface area contributed by atoms with Crippen molar-refractivity contribution in [3.05, 3.63) is 44.3 Å². The molecular formula is C15H14Cl2F3N3O3. The van der Waals surface area contributed by atoms with Crippen LogP contribution in [0.5, 0.6) is 0 Å². The van der Waals surface area contributed by atoms with E-state index in [2.05, 4.69) is 9.39 Å². The van der Waals surface area contributed by atoms with Gasteiger partial charge in [0.25, 0.3) is 0 Å². The van der Waals surface area contributed by atoms with Gasteiger partial charge in [0, 0.05) is 5.56 Å². The second-order valence-electron chi connectivity index (χ2n) is 5.35. The molecule has 0 aliphatic rings. The van der Waals surface area contributed by atoms with Gasteiger partial charge >= 0.3 is 18.2 Å². The molecule has 0 atom stereocenters. The molecule has 0 fully saturated rings. The predicted molar refractivity (Wildman–Crippen MR) is 88.4 cm³/mol. The minimum atomic E-state index is -3.08. The van der Waals surface area contributed by atoms with Crippen molar-refractivity contribution >= 4 is 29.4 Å². The minimum absolute atomic E-state index is 0.00249. The Balaban J connectivity index is 2.67.